The van der Waals surface area contributed by atoms with E-state index in [0.717, 1.165) is 5.57 Å². The SMILES string of the molecule is CCOc1ccc(-c2ccc(C3=CCC(c4ccc(C)c(F)c4F)CC3)cc2F)c(F)c1F. The first-order valence-corrected chi connectivity index (χ1v) is 10.9. The fraction of sp³-hybridized carbons (Fsp3) is 0.259. The van der Waals surface area contributed by atoms with E-state index in [9.17, 15) is 22.0 Å². The van der Waals surface area contributed by atoms with Gasteiger partial charge in [-0.15, -0.1) is 0 Å². The molecule has 0 aromatic heterocycles. The highest BCUT2D eigenvalue weighted by molar-refractivity contribution is 5.72. The summed E-state index contributed by atoms with van der Waals surface area (Å²) in [6.45, 7) is 3.36. The Morgan fingerprint density at radius 1 is 0.848 bits per heavy atom. The Bertz CT molecular complexity index is 1230. The molecule has 0 spiro atoms. The van der Waals surface area contributed by atoms with Gasteiger partial charge in [0.2, 0.25) is 5.82 Å². The Labute approximate surface area is 189 Å². The van der Waals surface area contributed by atoms with Gasteiger partial charge in [0.25, 0.3) is 0 Å². The molecule has 0 saturated carbocycles. The molecule has 3 aromatic rings. The monoisotopic (exact) mass is 458 g/mol. The molecule has 1 aliphatic carbocycles. The smallest absolute Gasteiger partial charge is 0.201 e. The predicted molar refractivity (Wildman–Crippen MR) is 119 cm³/mol. The van der Waals surface area contributed by atoms with Crippen LogP contribution in [-0.4, -0.2) is 6.61 Å². The molecule has 0 aliphatic heterocycles. The van der Waals surface area contributed by atoms with E-state index >= 15 is 0 Å². The first kappa shape index (κ1) is 23.0. The van der Waals surface area contributed by atoms with E-state index in [1.54, 1.807) is 25.1 Å². The minimum Gasteiger partial charge on any atom is -0.491 e. The first-order chi connectivity index (χ1) is 15.8. The average Bonchev–Trinajstić information content (AvgIpc) is 2.81. The number of aryl methyl sites for hydroxylation is 1. The molecule has 0 radical (unpaired) electrons. The lowest BCUT2D eigenvalue weighted by Crippen LogP contribution is -2.08. The number of hydrogen-bond donors (Lipinski definition) is 0. The van der Waals surface area contributed by atoms with Gasteiger partial charge in [0.1, 0.15) is 5.82 Å². The molecular formula is C27H23F5O. The van der Waals surface area contributed by atoms with Gasteiger partial charge in [-0.25, -0.2) is 17.6 Å². The lowest BCUT2D eigenvalue weighted by Gasteiger charge is -2.23. The Morgan fingerprint density at radius 3 is 2.27 bits per heavy atom. The summed E-state index contributed by atoms with van der Waals surface area (Å²) in [6.07, 6.45) is 3.55. The van der Waals surface area contributed by atoms with E-state index in [-0.39, 0.29) is 35.0 Å². The van der Waals surface area contributed by atoms with E-state index in [2.05, 4.69) is 0 Å². The molecule has 0 amide bonds. The third-order valence-corrected chi connectivity index (χ3v) is 6.13. The zero-order valence-electron chi connectivity index (χ0n) is 18.3. The third kappa shape index (κ3) is 4.39. The van der Waals surface area contributed by atoms with Gasteiger partial charge in [0, 0.05) is 11.1 Å². The van der Waals surface area contributed by atoms with Crippen molar-refractivity contribution in [3.05, 3.63) is 94.3 Å². The van der Waals surface area contributed by atoms with Crippen molar-refractivity contribution in [2.45, 2.75) is 39.0 Å². The standard InChI is InChI=1S/C27H23F5O/c1-3-33-23-13-12-21(26(31)27(23)32)20-11-9-18(14-22(20)28)16-5-7-17(8-6-16)19-10-4-15(2)24(29)25(19)30/h4-5,9-14,17H,3,6-8H2,1-2H3. The summed E-state index contributed by atoms with van der Waals surface area (Å²) in [5.74, 6) is -5.01. The van der Waals surface area contributed by atoms with Gasteiger partial charge >= 0.3 is 0 Å². The van der Waals surface area contributed by atoms with Crippen molar-refractivity contribution in [1.82, 2.24) is 0 Å². The molecule has 0 saturated heterocycles. The number of halogens is 5. The summed E-state index contributed by atoms with van der Waals surface area (Å²) in [4.78, 5) is 0. The number of hydrogen-bond acceptors (Lipinski definition) is 1. The Balaban J connectivity index is 1.57. The molecule has 172 valence electrons. The van der Waals surface area contributed by atoms with Gasteiger partial charge in [0.05, 0.1) is 6.61 Å². The predicted octanol–water partition coefficient (Wildman–Crippen LogP) is 8.11. The fourth-order valence-corrected chi connectivity index (χ4v) is 4.30. The molecule has 0 heterocycles. The van der Waals surface area contributed by atoms with Crippen LogP contribution in [0.15, 0.2) is 48.5 Å². The Kier molecular flexibility index (Phi) is 6.54. The highest BCUT2D eigenvalue weighted by atomic mass is 19.2. The summed E-state index contributed by atoms with van der Waals surface area (Å²) >= 11 is 0. The second-order valence-electron chi connectivity index (χ2n) is 8.17. The van der Waals surface area contributed by atoms with Gasteiger partial charge in [-0.2, -0.15) is 4.39 Å². The van der Waals surface area contributed by atoms with Crippen LogP contribution in [0.2, 0.25) is 0 Å². The van der Waals surface area contributed by atoms with E-state index in [0.29, 0.717) is 30.4 Å². The Hall–Kier alpha value is -3.15. The van der Waals surface area contributed by atoms with E-state index in [4.69, 9.17) is 4.74 Å². The quantitative estimate of drug-likeness (QED) is 0.351. The van der Waals surface area contributed by atoms with Crippen LogP contribution in [0.1, 0.15) is 48.8 Å². The zero-order valence-corrected chi connectivity index (χ0v) is 18.3. The number of ether oxygens (including phenoxy) is 1. The molecule has 33 heavy (non-hydrogen) atoms. The van der Waals surface area contributed by atoms with Crippen LogP contribution in [0.3, 0.4) is 0 Å². The number of allylic oxidation sites excluding steroid dienone is 2. The van der Waals surface area contributed by atoms with Crippen molar-refractivity contribution in [3.63, 3.8) is 0 Å². The number of rotatable bonds is 5. The summed E-state index contributed by atoms with van der Waals surface area (Å²) < 4.78 is 76.9. The van der Waals surface area contributed by atoms with Crippen molar-refractivity contribution in [3.8, 4) is 16.9 Å². The van der Waals surface area contributed by atoms with E-state index in [1.807, 2.05) is 6.08 Å². The van der Waals surface area contributed by atoms with Crippen molar-refractivity contribution in [1.29, 1.82) is 0 Å². The molecule has 6 heteroatoms. The Morgan fingerprint density at radius 2 is 1.61 bits per heavy atom. The van der Waals surface area contributed by atoms with E-state index in [1.165, 1.54) is 31.2 Å². The molecule has 1 nitrogen and oxygen atoms in total. The van der Waals surface area contributed by atoms with Crippen molar-refractivity contribution < 1.29 is 26.7 Å². The zero-order chi connectivity index (χ0) is 23.7. The topological polar surface area (TPSA) is 9.23 Å². The lowest BCUT2D eigenvalue weighted by molar-refractivity contribution is 0.314. The molecule has 1 unspecified atom stereocenters. The van der Waals surface area contributed by atoms with Crippen molar-refractivity contribution in [2.24, 2.45) is 0 Å². The molecule has 1 atom stereocenters. The van der Waals surface area contributed by atoms with Gasteiger partial charge in [-0.3, -0.25) is 0 Å². The molecule has 1 aliphatic rings. The molecule has 0 N–H and O–H groups in total. The lowest BCUT2D eigenvalue weighted by atomic mass is 9.82. The summed E-state index contributed by atoms with van der Waals surface area (Å²) in [5, 5.41) is 0. The van der Waals surface area contributed by atoms with Crippen LogP contribution in [0.5, 0.6) is 5.75 Å². The molecular weight excluding hydrogens is 435 g/mol. The van der Waals surface area contributed by atoms with Crippen LogP contribution in [0.4, 0.5) is 22.0 Å². The first-order valence-electron chi connectivity index (χ1n) is 10.9. The van der Waals surface area contributed by atoms with Gasteiger partial charge in [-0.1, -0.05) is 30.3 Å². The average molecular weight is 458 g/mol. The highest BCUT2D eigenvalue weighted by Gasteiger charge is 2.23. The summed E-state index contributed by atoms with van der Waals surface area (Å²) in [7, 11) is 0. The van der Waals surface area contributed by atoms with E-state index < -0.39 is 29.1 Å². The van der Waals surface area contributed by atoms with Gasteiger partial charge < -0.3 is 4.74 Å². The van der Waals surface area contributed by atoms with Crippen molar-refractivity contribution in [2.75, 3.05) is 6.61 Å². The fourth-order valence-electron chi connectivity index (χ4n) is 4.30. The van der Waals surface area contributed by atoms with Crippen molar-refractivity contribution >= 4 is 5.57 Å². The highest BCUT2D eigenvalue weighted by Crippen LogP contribution is 2.39. The minimum atomic E-state index is -1.17. The van der Waals surface area contributed by atoms with Crippen LogP contribution < -0.4 is 4.74 Å². The minimum absolute atomic E-state index is 0.0512. The maximum absolute atomic E-state index is 14.9. The molecule has 3 aromatic carbocycles. The summed E-state index contributed by atoms with van der Waals surface area (Å²) in [5.41, 5.74) is 1.88. The summed E-state index contributed by atoms with van der Waals surface area (Å²) in [6, 6.07) is 10.1. The number of benzene rings is 3. The maximum atomic E-state index is 14.9. The second kappa shape index (κ2) is 9.38. The van der Waals surface area contributed by atoms with Gasteiger partial charge in [0.15, 0.2) is 23.2 Å². The largest absolute Gasteiger partial charge is 0.491 e. The van der Waals surface area contributed by atoms with Gasteiger partial charge in [-0.05, 0) is 79.5 Å². The normalized spacial score (nSPS) is 16.0. The van der Waals surface area contributed by atoms with Crippen LogP contribution >= 0.6 is 0 Å². The van der Waals surface area contributed by atoms with Crippen LogP contribution in [0, 0.1) is 36.0 Å². The molecule has 0 bridgehead atoms. The van der Waals surface area contributed by atoms with Crippen LogP contribution in [-0.2, 0) is 0 Å². The van der Waals surface area contributed by atoms with Crippen LogP contribution in [0.25, 0.3) is 16.7 Å². The third-order valence-electron chi connectivity index (χ3n) is 6.13. The maximum Gasteiger partial charge on any atom is 0.201 e. The second-order valence-corrected chi connectivity index (χ2v) is 8.17. The molecule has 0 fully saturated rings. The molecule has 4 rings (SSSR count).